The van der Waals surface area contributed by atoms with E-state index >= 15 is 0 Å². The Morgan fingerprint density at radius 1 is 1.41 bits per heavy atom. The van der Waals surface area contributed by atoms with Gasteiger partial charge in [-0.3, -0.25) is 0 Å². The molecule has 2 aliphatic heterocycles. The van der Waals surface area contributed by atoms with E-state index in [9.17, 15) is 4.79 Å². The Kier molecular flexibility index (Phi) is 4.42. The summed E-state index contributed by atoms with van der Waals surface area (Å²) in [5.41, 5.74) is 1.15. The molecule has 1 saturated heterocycles. The highest BCUT2D eigenvalue weighted by molar-refractivity contribution is 6.76. The van der Waals surface area contributed by atoms with Gasteiger partial charge in [-0.2, -0.15) is 0 Å². The minimum Gasteiger partial charge on any atom is -0.450 e. The Balaban J connectivity index is 1.40. The highest BCUT2D eigenvalue weighted by Crippen LogP contribution is 2.53. The normalized spacial score (nSPS) is 33.3. The molecular formula is C15H25ClN2O3Si. The van der Waals surface area contributed by atoms with Gasteiger partial charge in [-0.25, -0.2) is 4.79 Å². The van der Waals surface area contributed by atoms with Gasteiger partial charge in [0.1, 0.15) is 6.10 Å². The van der Waals surface area contributed by atoms with E-state index in [1.54, 1.807) is 0 Å². The summed E-state index contributed by atoms with van der Waals surface area (Å²) in [4.78, 5) is 19.2. The molecule has 7 heteroatoms. The molecule has 0 aromatic rings. The van der Waals surface area contributed by atoms with Gasteiger partial charge in [0, 0.05) is 33.5 Å². The molecule has 2 fully saturated rings. The predicted octanol–water partition coefficient (Wildman–Crippen LogP) is 3.02. The van der Waals surface area contributed by atoms with E-state index in [4.69, 9.17) is 21.2 Å². The number of rotatable bonds is 5. The van der Waals surface area contributed by atoms with Crippen molar-refractivity contribution in [3.8, 4) is 0 Å². The summed E-state index contributed by atoms with van der Waals surface area (Å²) >= 11 is 5.80. The number of nitrogens with zero attached hydrogens (tertiary/aromatic N) is 2. The van der Waals surface area contributed by atoms with Crippen LogP contribution in [0.4, 0.5) is 4.79 Å². The zero-order chi connectivity index (χ0) is 15.9. The fourth-order valence-electron chi connectivity index (χ4n) is 3.44. The van der Waals surface area contributed by atoms with E-state index in [0.717, 1.165) is 31.3 Å². The molecule has 1 saturated carbocycles. The van der Waals surface area contributed by atoms with Crippen LogP contribution in [0.25, 0.3) is 0 Å². The molecule has 0 aromatic carbocycles. The SMILES string of the molecule is C[Si](C)(C)CCOC(=O)N1CC2C(C1)C2C1=NOC(CCl)C1. The molecule has 124 valence electrons. The molecule has 0 aromatic heterocycles. The molecule has 3 aliphatic rings. The van der Waals surface area contributed by atoms with Gasteiger partial charge in [0.2, 0.25) is 0 Å². The van der Waals surface area contributed by atoms with Gasteiger partial charge in [-0.15, -0.1) is 11.6 Å². The number of ether oxygens (including phenoxy) is 1. The Bertz CT molecular complexity index is 468. The molecule has 1 amide bonds. The summed E-state index contributed by atoms with van der Waals surface area (Å²) in [5.74, 6) is 2.08. The smallest absolute Gasteiger partial charge is 0.409 e. The van der Waals surface area contributed by atoms with Gasteiger partial charge in [0.15, 0.2) is 0 Å². The van der Waals surface area contributed by atoms with E-state index in [2.05, 4.69) is 24.8 Å². The molecule has 0 bridgehead atoms. The number of fused-ring (bicyclic) bond motifs is 1. The lowest BCUT2D eigenvalue weighted by Crippen LogP contribution is -2.34. The van der Waals surface area contributed by atoms with E-state index in [1.165, 1.54) is 0 Å². The average molecular weight is 345 g/mol. The zero-order valence-electron chi connectivity index (χ0n) is 13.5. The third kappa shape index (κ3) is 3.43. The summed E-state index contributed by atoms with van der Waals surface area (Å²) in [7, 11) is -1.14. The maximum Gasteiger partial charge on any atom is 0.409 e. The monoisotopic (exact) mass is 344 g/mol. The predicted molar refractivity (Wildman–Crippen MR) is 89.2 cm³/mol. The average Bonchev–Trinajstić information content (AvgIpc) is 2.85. The summed E-state index contributed by atoms with van der Waals surface area (Å²) < 4.78 is 5.42. The number of halogens is 1. The lowest BCUT2D eigenvalue weighted by Gasteiger charge is -2.21. The van der Waals surface area contributed by atoms with E-state index < -0.39 is 8.07 Å². The number of alkyl halides is 1. The molecule has 5 nitrogen and oxygen atoms in total. The van der Waals surface area contributed by atoms with Crippen LogP contribution in [0.5, 0.6) is 0 Å². The van der Waals surface area contributed by atoms with Crippen molar-refractivity contribution in [1.29, 1.82) is 0 Å². The van der Waals surface area contributed by atoms with E-state index in [1.807, 2.05) is 4.90 Å². The summed E-state index contributed by atoms with van der Waals surface area (Å²) in [5, 5.41) is 4.18. The van der Waals surface area contributed by atoms with E-state index in [-0.39, 0.29) is 12.2 Å². The fourth-order valence-corrected chi connectivity index (χ4v) is 4.32. The highest BCUT2D eigenvalue weighted by Gasteiger charge is 2.60. The molecule has 22 heavy (non-hydrogen) atoms. The van der Waals surface area contributed by atoms with Crippen LogP contribution in [0.1, 0.15) is 6.42 Å². The van der Waals surface area contributed by atoms with Crippen LogP contribution < -0.4 is 0 Å². The Morgan fingerprint density at radius 2 is 2.09 bits per heavy atom. The van der Waals surface area contributed by atoms with Crippen molar-refractivity contribution in [3.63, 3.8) is 0 Å². The molecule has 2 heterocycles. The third-order valence-electron chi connectivity index (χ3n) is 4.84. The number of hydrogen-bond donors (Lipinski definition) is 0. The van der Waals surface area contributed by atoms with Crippen LogP contribution in [-0.2, 0) is 9.57 Å². The van der Waals surface area contributed by atoms with Crippen molar-refractivity contribution in [2.45, 2.75) is 38.2 Å². The van der Waals surface area contributed by atoms with Gasteiger partial charge in [0.05, 0.1) is 18.2 Å². The van der Waals surface area contributed by atoms with Gasteiger partial charge in [-0.1, -0.05) is 24.8 Å². The number of likely N-dealkylation sites (tertiary alicyclic amines) is 1. The summed E-state index contributed by atoms with van der Waals surface area (Å²) in [6.45, 7) is 9.01. The Morgan fingerprint density at radius 3 is 2.64 bits per heavy atom. The molecule has 3 unspecified atom stereocenters. The van der Waals surface area contributed by atoms with Crippen LogP contribution in [0.3, 0.4) is 0 Å². The second-order valence-corrected chi connectivity index (χ2v) is 13.8. The second kappa shape index (κ2) is 6.04. The van der Waals surface area contributed by atoms with Gasteiger partial charge < -0.3 is 14.5 Å². The number of oxime groups is 1. The molecule has 3 atom stereocenters. The standard InChI is InChI=1S/C15H25ClN2O3Si/c1-22(2,3)5-4-20-15(19)18-8-11-12(9-18)14(11)13-6-10(7-16)21-17-13/h10-12,14H,4-9H2,1-3H3. The highest BCUT2D eigenvalue weighted by atomic mass is 35.5. The number of amides is 1. The number of carbonyl (C=O) groups is 1. The van der Waals surface area contributed by atoms with Crippen molar-refractivity contribution in [3.05, 3.63) is 0 Å². The van der Waals surface area contributed by atoms with Crippen molar-refractivity contribution in [2.75, 3.05) is 25.6 Å². The van der Waals surface area contributed by atoms with Gasteiger partial charge >= 0.3 is 6.09 Å². The number of carbonyl (C=O) groups excluding carboxylic acids is 1. The summed E-state index contributed by atoms with van der Waals surface area (Å²) in [6.07, 6.45) is 0.745. The van der Waals surface area contributed by atoms with Crippen molar-refractivity contribution in [1.82, 2.24) is 4.90 Å². The Hall–Kier alpha value is -0.753. The maximum atomic E-state index is 12.1. The quantitative estimate of drug-likeness (QED) is 0.569. The zero-order valence-corrected chi connectivity index (χ0v) is 15.3. The van der Waals surface area contributed by atoms with Crippen LogP contribution in [-0.4, -0.2) is 56.5 Å². The van der Waals surface area contributed by atoms with E-state index in [0.29, 0.717) is 30.2 Å². The first-order valence-electron chi connectivity index (χ1n) is 8.09. The van der Waals surface area contributed by atoms with Crippen molar-refractivity contribution < 1.29 is 14.4 Å². The molecule has 0 spiro atoms. The summed E-state index contributed by atoms with van der Waals surface area (Å²) in [6, 6.07) is 1.02. The fraction of sp³-hybridized carbons (Fsp3) is 0.867. The largest absolute Gasteiger partial charge is 0.450 e. The minimum atomic E-state index is -1.14. The lowest BCUT2D eigenvalue weighted by atomic mass is 10.1. The first-order chi connectivity index (χ1) is 10.4. The second-order valence-electron chi connectivity index (χ2n) is 7.85. The van der Waals surface area contributed by atoms with Crippen molar-refractivity contribution in [2.24, 2.45) is 22.9 Å². The lowest BCUT2D eigenvalue weighted by molar-refractivity contribution is 0.102. The third-order valence-corrected chi connectivity index (χ3v) is 6.89. The molecule has 0 N–H and O–H groups in total. The van der Waals surface area contributed by atoms with Crippen molar-refractivity contribution >= 4 is 31.5 Å². The topological polar surface area (TPSA) is 51.1 Å². The van der Waals surface area contributed by atoms with Crippen LogP contribution in [0.15, 0.2) is 5.16 Å². The number of hydrogen-bond acceptors (Lipinski definition) is 4. The van der Waals surface area contributed by atoms with Crippen LogP contribution in [0.2, 0.25) is 25.7 Å². The van der Waals surface area contributed by atoms with Crippen LogP contribution in [0, 0.1) is 17.8 Å². The van der Waals surface area contributed by atoms with Gasteiger partial charge in [-0.05, 0) is 17.9 Å². The minimum absolute atomic E-state index is 0.0422. The number of piperidine rings is 1. The first kappa shape index (κ1) is 16.1. The molecule has 1 aliphatic carbocycles. The Labute approximate surface area is 138 Å². The molecule has 3 rings (SSSR count). The van der Waals surface area contributed by atoms with Gasteiger partial charge in [0.25, 0.3) is 0 Å². The molecule has 0 radical (unpaired) electrons. The van der Waals surface area contributed by atoms with Crippen LogP contribution >= 0.6 is 11.6 Å². The first-order valence-corrected chi connectivity index (χ1v) is 12.3. The maximum absolute atomic E-state index is 12.1. The molecular weight excluding hydrogens is 320 g/mol.